The predicted octanol–water partition coefficient (Wildman–Crippen LogP) is 1.46. The Morgan fingerprint density at radius 3 is 2.90 bits per heavy atom. The summed E-state index contributed by atoms with van der Waals surface area (Å²) in [7, 11) is -1.67. The van der Waals surface area contributed by atoms with E-state index in [1.165, 1.54) is 4.31 Å². The molecule has 0 aliphatic carbocycles. The molecule has 0 radical (unpaired) electrons. The van der Waals surface area contributed by atoms with Gasteiger partial charge in [-0.05, 0) is 36.5 Å². The van der Waals surface area contributed by atoms with Crippen LogP contribution in [-0.4, -0.2) is 39.5 Å². The zero-order chi connectivity index (χ0) is 14.6. The van der Waals surface area contributed by atoms with Crippen LogP contribution in [0, 0.1) is 5.92 Å². The molecule has 112 valence electrons. The van der Waals surface area contributed by atoms with Gasteiger partial charge in [-0.1, -0.05) is 12.1 Å². The van der Waals surface area contributed by atoms with Crippen molar-refractivity contribution >= 4 is 15.7 Å². The average Bonchev–Trinajstić information content (AvgIpc) is 2.39. The van der Waals surface area contributed by atoms with Crippen molar-refractivity contribution in [2.75, 3.05) is 32.5 Å². The number of ether oxygens (including phenoxy) is 1. The zero-order valence-electron chi connectivity index (χ0n) is 11.8. The van der Waals surface area contributed by atoms with E-state index in [0.29, 0.717) is 24.8 Å². The van der Waals surface area contributed by atoms with Gasteiger partial charge in [-0.25, -0.2) is 12.7 Å². The topological polar surface area (TPSA) is 72.6 Å². The monoisotopic (exact) mass is 298 g/mol. The molecule has 20 heavy (non-hydrogen) atoms. The van der Waals surface area contributed by atoms with E-state index >= 15 is 0 Å². The van der Waals surface area contributed by atoms with Crippen molar-refractivity contribution in [2.24, 2.45) is 5.92 Å². The van der Waals surface area contributed by atoms with Crippen LogP contribution >= 0.6 is 0 Å². The summed E-state index contributed by atoms with van der Waals surface area (Å²) in [5, 5.41) is 0. The summed E-state index contributed by atoms with van der Waals surface area (Å²) in [4.78, 5) is 0. The van der Waals surface area contributed by atoms with E-state index in [4.69, 9.17) is 10.5 Å². The first kappa shape index (κ1) is 15.3. The Hall–Kier alpha value is -1.11. The molecule has 1 aromatic carbocycles. The molecule has 1 saturated heterocycles. The van der Waals surface area contributed by atoms with E-state index in [1.54, 1.807) is 31.3 Å². The third kappa shape index (κ3) is 4.19. The molecule has 1 aliphatic heterocycles. The third-order valence-corrected chi connectivity index (χ3v) is 5.34. The number of hydrogen-bond acceptors (Lipinski definition) is 4. The second-order valence-electron chi connectivity index (χ2n) is 5.36. The van der Waals surface area contributed by atoms with E-state index < -0.39 is 10.0 Å². The van der Waals surface area contributed by atoms with Gasteiger partial charge in [-0.3, -0.25) is 0 Å². The molecule has 0 amide bonds. The lowest BCUT2D eigenvalue weighted by Gasteiger charge is -2.26. The van der Waals surface area contributed by atoms with Gasteiger partial charge in [0.1, 0.15) is 0 Å². The minimum absolute atomic E-state index is 0.0118. The van der Waals surface area contributed by atoms with Gasteiger partial charge in [0, 0.05) is 25.9 Å². The number of rotatable bonds is 5. The second kappa shape index (κ2) is 6.56. The summed E-state index contributed by atoms with van der Waals surface area (Å²) in [6.45, 7) is 1.96. The highest BCUT2D eigenvalue weighted by atomic mass is 32.2. The molecule has 0 saturated carbocycles. The maximum Gasteiger partial charge on any atom is 0.218 e. The molecule has 1 unspecified atom stereocenters. The smallest absolute Gasteiger partial charge is 0.218 e. The fraction of sp³-hybridized carbons (Fsp3) is 0.571. The van der Waals surface area contributed by atoms with Crippen LogP contribution in [0.15, 0.2) is 24.3 Å². The molecule has 1 fully saturated rings. The number of nitrogens with zero attached hydrogens (tertiary/aromatic N) is 1. The van der Waals surface area contributed by atoms with Gasteiger partial charge in [0.15, 0.2) is 0 Å². The zero-order valence-corrected chi connectivity index (χ0v) is 12.6. The number of sulfonamides is 1. The van der Waals surface area contributed by atoms with Gasteiger partial charge in [0.2, 0.25) is 10.0 Å². The third-order valence-electron chi connectivity index (χ3n) is 3.54. The summed E-state index contributed by atoms with van der Waals surface area (Å²) < 4.78 is 31.5. The fourth-order valence-electron chi connectivity index (χ4n) is 2.43. The molecule has 0 bridgehead atoms. The lowest BCUT2D eigenvalue weighted by Crippen LogP contribution is -2.35. The number of benzene rings is 1. The number of nitrogen functional groups attached to an aromatic ring is 1. The Morgan fingerprint density at radius 1 is 1.45 bits per heavy atom. The van der Waals surface area contributed by atoms with Crippen LogP contribution in [0.25, 0.3) is 0 Å². The Bertz CT molecular complexity index is 539. The Kier molecular flexibility index (Phi) is 5.01. The van der Waals surface area contributed by atoms with Crippen LogP contribution in [-0.2, 0) is 20.5 Å². The van der Waals surface area contributed by atoms with Gasteiger partial charge >= 0.3 is 0 Å². The summed E-state index contributed by atoms with van der Waals surface area (Å²) in [5.41, 5.74) is 6.98. The first-order chi connectivity index (χ1) is 9.47. The maximum atomic E-state index is 12.3. The minimum Gasteiger partial charge on any atom is -0.399 e. The molecule has 1 aromatic rings. The summed E-state index contributed by atoms with van der Waals surface area (Å²) in [6, 6.07) is 7.01. The summed E-state index contributed by atoms with van der Waals surface area (Å²) in [5.74, 6) is 0.284. The fourth-order valence-corrected chi connectivity index (χ4v) is 3.69. The van der Waals surface area contributed by atoms with Gasteiger partial charge < -0.3 is 10.5 Å². The lowest BCUT2D eigenvalue weighted by atomic mass is 10.0. The molecular weight excluding hydrogens is 276 g/mol. The van der Waals surface area contributed by atoms with E-state index in [9.17, 15) is 8.42 Å². The predicted molar refractivity (Wildman–Crippen MR) is 79.7 cm³/mol. The lowest BCUT2D eigenvalue weighted by molar-refractivity contribution is 0.0495. The van der Waals surface area contributed by atoms with Crippen molar-refractivity contribution in [3.63, 3.8) is 0 Å². The summed E-state index contributed by atoms with van der Waals surface area (Å²) >= 11 is 0. The largest absolute Gasteiger partial charge is 0.399 e. The van der Waals surface area contributed by atoms with E-state index in [0.717, 1.165) is 25.0 Å². The highest BCUT2D eigenvalue weighted by Gasteiger charge is 2.23. The van der Waals surface area contributed by atoms with Gasteiger partial charge in [0.05, 0.1) is 12.4 Å². The highest BCUT2D eigenvalue weighted by Crippen LogP contribution is 2.18. The average molecular weight is 298 g/mol. The van der Waals surface area contributed by atoms with Gasteiger partial charge in [-0.15, -0.1) is 0 Å². The highest BCUT2D eigenvalue weighted by molar-refractivity contribution is 7.88. The van der Waals surface area contributed by atoms with Crippen LogP contribution in [0.3, 0.4) is 0 Å². The normalized spacial score (nSPS) is 20.2. The molecule has 1 heterocycles. The molecule has 1 atom stereocenters. The van der Waals surface area contributed by atoms with Crippen LogP contribution in [0.2, 0.25) is 0 Å². The van der Waals surface area contributed by atoms with Crippen LogP contribution in [0.4, 0.5) is 5.69 Å². The van der Waals surface area contributed by atoms with Crippen molar-refractivity contribution in [3.05, 3.63) is 29.8 Å². The van der Waals surface area contributed by atoms with Crippen LogP contribution in [0.1, 0.15) is 18.4 Å². The van der Waals surface area contributed by atoms with Crippen molar-refractivity contribution in [3.8, 4) is 0 Å². The second-order valence-corrected chi connectivity index (χ2v) is 7.44. The number of hydrogen-bond donors (Lipinski definition) is 1. The Labute approximate surface area is 120 Å². The van der Waals surface area contributed by atoms with Gasteiger partial charge in [-0.2, -0.15) is 0 Å². The van der Waals surface area contributed by atoms with Gasteiger partial charge in [0.25, 0.3) is 0 Å². The first-order valence-electron chi connectivity index (χ1n) is 6.83. The standard InChI is InChI=1S/C14H22N2O3S/c1-16(9-13-5-3-7-19-10-13)20(17,18)11-12-4-2-6-14(15)8-12/h2,4,6,8,13H,3,5,7,9-11,15H2,1H3. The molecule has 2 N–H and O–H groups in total. The van der Waals surface area contributed by atoms with Crippen molar-refractivity contribution in [1.29, 1.82) is 0 Å². The van der Waals surface area contributed by atoms with Crippen LogP contribution < -0.4 is 5.73 Å². The van der Waals surface area contributed by atoms with Crippen molar-refractivity contribution in [1.82, 2.24) is 4.31 Å². The molecule has 6 heteroatoms. The minimum atomic E-state index is -3.31. The number of anilines is 1. The van der Waals surface area contributed by atoms with Crippen LogP contribution in [0.5, 0.6) is 0 Å². The van der Waals surface area contributed by atoms with E-state index in [1.807, 2.05) is 0 Å². The maximum absolute atomic E-state index is 12.3. The SMILES string of the molecule is CN(CC1CCCOC1)S(=O)(=O)Cc1cccc(N)c1. The van der Waals surface area contributed by atoms with E-state index in [2.05, 4.69) is 0 Å². The van der Waals surface area contributed by atoms with Crippen molar-refractivity contribution < 1.29 is 13.2 Å². The van der Waals surface area contributed by atoms with Crippen molar-refractivity contribution in [2.45, 2.75) is 18.6 Å². The number of nitrogens with two attached hydrogens (primary N) is 1. The Morgan fingerprint density at radius 2 is 2.25 bits per heavy atom. The molecule has 2 rings (SSSR count). The molecule has 0 aromatic heterocycles. The molecule has 0 spiro atoms. The molecule has 5 nitrogen and oxygen atoms in total. The first-order valence-corrected chi connectivity index (χ1v) is 8.44. The quantitative estimate of drug-likeness (QED) is 0.835. The molecular formula is C14H22N2O3S. The van der Waals surface area contributed by atoms with E-state index in [-0.39, 0.29) is 5.75 Å². The summed E-state index contributed by atoms with van der Waals surface area (Å²) in [6.07, 6.45) is 2.03. The Balaban J connectivity index is 1.98. The molecule has 1 aliphatic rings.